The number of amides is 1. The summed E-state index contributed by atoms with van der Waals surface area (Å²) in [5.41, 5.74) is 1.98. The first-order valence-corrected chi connectivity index (χ1v) is 11.7. The van der Waals surface area contributed by atoms with Crippen LogP contribution in [-0.4, -0.2) is 23.9 Å². The Labute approximate surface area is 194 Å². The zero-order chi connectivity index (χ0) is 21.5. The summed E-state index contributed by atoms with van der Waals surface area (Å²) in [6, 6.07) is 8.79. The van der Waals surface area contributed by atoms with E-state index in [0.717, 1.165) is 36.6 Å². The van der Waals surface area contributed by atoms with E-state index >= 15 is 0 Å². The van der Waals surface area contributed by atoms with Crippen molar-refractivity contribution in [3.05, 3.63) is 67.9 Å². The number of nitrogens with one attached hydrogen (secondary N) is 2. The number of likely N-dealkylation sites (N-methyl/N-ethyl adjacent to an activating group) is 1. The zero-order valence-corrected chi connectivity index (χ0v) is 19.2. The Morgan fingerprint density at radius 2 is 2.10 bits per heavy atom. The minimum absolute atomic E-state index is 0.0498. The topological polar surface area (TPSA) is 66.7 Å². The monoisotopic (exact) mass is 477 g/mol. The molecule has 3 aromatic rings. The Hall–Kier alpha value is -2.19. The normalized spacial score (nSPS) is 18.2. The summed E-state index contributed by atoms with van der Waals surface area (Å²) in [5, 5.41) is 8.29. The smallest absolute Gasteiger partial charge is 0.256 e. The lowest BCUT2D eigenvalue weighted by Gasteiger charge is -2.27. The van der Waals surface area contributed by atoms with Gasteiger partial charge in [0.2, 0.25) is 0 Å². The fraction of sp³-hybridized carbons (Fsp3) is 0.318. The van der Waals surface area contributed by atoms with Crippen molar-refractivity contribution in [2.45, 2.75) is 32.7 Å². The number of hydrogen-bond acceptors (Lipinski definition) is 6. The van der Waals surface area contributed by atoms with Gasteiger partial charge in [-0.2, -0.15) is 0 Å². The van der Waals surface area contributed by atoms with Crippen LogP contribution in [0.2, 0.25) is 10.0 Å². The Kier molecular flexibility index (Phi) is 5.60. The molecule has 0 saturated carbocycles. The summed E-state index contributed by atoms with van der Waals surface area (Å²) in [7, 11) is 0. The van der Waals surface area contributed by atoms with Crippen molar-refractivity contribution in [1.29, 1.82) is 0 Å². The number of hydrogen-bond donors (Lipinski definition) is 2. The van der Waals surface area contributed by atoms with Crippen LogP contribution in [0.4, 0.5) is 5.00 Å². The molecular formula is C22H21Cl2N3O3S. The molecule has 1 atom stereocenters. The highest BCUT2D eigenvalue weighted by Gasteiger charge is 2.34. The Morgan fingerprint density at radius 3 is 2.90 bits per heavy atom. The Bertz CT molecular complexity index is 1140. The number of carbonyl (C=O) groups is 1. The van der Waals surface area contributed by atoms with Gasteiger partial charge in [0, 0.05) is 24.0 Å². The zero-order valence-electron chi connectivity index (χ0n) is 16.8. The van der Waals surface area contributed by atoms with Gasteiger partial charge in [0.15, 0.2) is 6.17 Å². The molecule has 6 nitrogen and oxygen atoms in total. The van der Waals surface area contributed by atoms with Crippen LogP contribution < -0.4 is 15.4 Å². The SMILES string of the molecule is CCN1CCc2c(sc3c2C(=O)NC(c2ccc(COc4ccc(Cl)c(Cl)c4)o2)N3)C1. The van der Waals surface area contributed by atoms with E-state index in [2.05, 4.69) is 22.5 Å². The molecule has 0 radical (unpaired) electrons. The van der Waals surface area contributed by atoms with Gasteiger partial charge in [-0.25, -0.2) is 0 Å². The van der Waals surface area contributed by atoms with Gasteiger partial charge in [0.05, 0.1) is 15.6 Å². The van der Waals surface area contributed by atoms with Gasteiger partial charge in [-0.15, -0.1) is 11.3 Å². The summed E-state index contributed by atoms with van der Waals surface area (Å²) in [6.07, 6.45) is 0.493. The van der Waals surface area contributed by atoms with E-state index in [1.54, 1.807) is 29.5 Å². The number of anilines is 1. The molecular weight excluding hydrogens is 457 g/mol. The molecule has 0 bridgehead atoms. The van der Waals surface area contributed by atoms with Gasteiger partial charge in [-0.3, -0.25) is 9.69 Å². The van der Waals surface area contributed by atoms with Crippen molar-refractivity contribution in [1.82, 2.24) is 10.2 Å². The Morgan fingerprint density at radius 1 is 1.23 bits per heavy atom. The van der Waals surface area contributed by atoms with Crippen molar-refractivity contribution in [2.24, 2.45) is 0 Å². The number of halogens is 2. The third kappa shape index (κ3) is 4.03. The van der Waals surface area contributed by atoms with E-state index < -0.39 is 6.17 Å². The predicted octanol–water partition coefficient (Wildman–Crippen LogP) is 5.46. The molecule has 2 aliphatic rings. The fourth-order valence-corrected chi connectivity index (χ4v) is 5.53. The molecule has 2 aliphatic heterocycles. The van der Waals surface area contributed by atoms with Crippen molar-refractivity contribution in [2.75, 3.05) is 18.4 Å². The lowest BCUT2D eigenvalue weighted by Crippen LogP contribution is -2.38. The van der Waals surface area contributed by atoms with Crippen LogP contribution in [0.25, 0.3) is 0 Å². The molecule has 1 unspecified atom stereocenters. The minimum Gasteiger partial charge on any atom is -0.486 e. The standard InChI is InChI=1S/C22H21Cl2N3O3S/c1-2-27-8-7-14-18(10-27)31-22-19(14)21(28)25-20(26-22)17-6-4-13(30-17)11-29-12-3-5-15(23)16(24)9-12/h3-6,9,20,26H,2,7-8,10-11H2,1H3,(H,25,28). The quantitative estimate of drug-likeness (QED) is 0.510. The van der Waals surface area contributed by atoms with Crippen molar-refractivity contribution < 1.29 is 13.9 Å². The highest BCUT2D eigenvalue weighted by atomic mass is 35.5. The second-order valence-corrected chi connectivity index (χ2v) is 9.47. The van der Waals surface area contributed by atoms with Gasteiger partial charge in [-0.05, 0) is 42.8 Å². The van der Waals surface area contributed by atoms with Gasteiger partial charge in [-0.1, -0.05) is 30.1 Å². The fourth-order valence-electron chi connectivity index (χ4n) is 3.93. The number of ether oxygens (including phenoxy) is 1. The maximum atomic E-state index is 12.9. The molecule has 0 fully saturated rings. The molecule has 4 heterocycles. The highest BCUT2D eigenvalue weighted by Crippen LogP contribution is 2.41. The first kappa shape index (κ1) is 20.7. The van der Waals surface area contributed by atoms with Crippen LogP contribution in [0.5, 0.6) is 5.75 Å². The maximum absolute atomic E-state index is 12.9. The van der Waals surface area contributed by atoms with Gasteiger partial charge < -0.3 is 19.8 Å². The summed E-state index contributed by atoms with van der Waals surface area (Å²) in [5.74, 6) is 1.83. The predicted molar refractivity (Wildman–Crippen MR) is 122 cm³/mol. The number of rotatable bonds is 5. The number of nitrogens with zero attached hydrogens (tertiary/aromatic N) is 1. The second-order valence-electron chi connectivity index (χ2n) is 7.55. The van der Waals surface area contributed by atoms with Gasteiger partial charge in [0.25, 0.3) is 5.91 Å². The highest BCUT2D eigenvalue weighted by molar-refractivity contribution is 7.16. The first-order chi connectivity index (χ1) is 15.0. The number of thiophene rings is 1. The third-order valence-corrected chi connectivity index (χ3v) is 7.49. The van der Waals surface area contributed by atoms with Crippen LogP contribution in [0.3, 0.4) is 0 Å². The minimum atomic E-state index is -0.416. The largest absolute Gasteiger partial charge is 0.486 e. The number of fused-ring (bicyclic) bond motifs is 3. The summed E-state index contributed by atoms with van der Waals surface area (Å²) in [6.45, 7) is 5.32. The summed E-state index contributed by atoms with van der Waals surface area (Å²) < 4.78 is 11.7. The molecule has 2 aromatic heterocycles. The number of carbonyl (C=O) groups excluding carboxylic acids is 1. The molecule has 31 heavy (non-hydrogen) atoms. The lowest BCUT2D eigenvalue weighted by molar-refractivity contribution is 0.0929. The molecule has 5 rings (SSSR count). The van der Waals surface area contributed by atoms with Crippen LogP contribution in [-0.2, 0) is 19.6 Å². The molecule has 1 aromatic carbocycles. The van der Waals surface area contributed by atoms with Crippen molar-refractivity contribution >= 4 is 45.4 Å². The van der Waals surface area contributed by atoms with Crippen LogP contribution >= 0.6 is 34.5 Å². The van der Waals surface area contributed by atoms with Crippen molar-refractivity contribution in [3.8, 4) is 5.75 Å². The van der Waals surface area contributed by atoms with Crippen molar-refractivity contribution in [3.63, 3.8) is 0 Å². The first-order valence-electron chi connectivity index (χ1n) is 10.1. The number of furan rings is 1. The average Bonchev–Trinajstić information content (AvgIpc) is 3.38. The van der Waals surface area contributed by atoms with E-state index in [1.807, 2.05) is 12.1 Å². The van der Waals surface area contributed by atoms with Crippen LogP contribution in [0.1, 0.15) is 45.4 Å². The van der Waals surface area contributed by atoms with Gasteiger partial charge >= 0.3 is 0 Å². The maximum Gasteiger partial charge on any atom is 0.256 e. The molecule has 0 aliphatic carbocycles. The summed E-state index contributed by atoms with van der Waals surface area (Å²) in [4.78, 5) is 16.6. The van der Waals surface area contributed by atoms with E-state index in [1.165, 1.54) is 10.4 Å². The third-order valence-electron chi connectivity index (χ3n) is 5.60. The second kappa shape index (κ2) is 8.39. The van der Waals surface area contributed by atoms with Gasteiger partial charge in [0.1, 0.15) is 28.9 Å². The molecule has 162 valence electrons. The molecule has 2 N–H and O–H groups in total. The van der Waals surface area contributed by atoms with E-state index in [0.29, 0.717) is 27.3 Å². The van der Waals surface area contributed by atoms with E-state index in [4.69, 9.17) is 32.4 Å². The molecule has 9 heteroatoms. The van der Waals surface area contributed by atoms with Crippen LogP contribution in [0.15, 0.2) is 34.7 Å². The van der Waals surface area contributed by atoms with E-state index in [-0.39, 0.29) is 12.5 Å². The van der Waals surface area contributed by atoms with Crippen LogP contribution in [0, 0.1) is 0 Å². The average molecular weight is 478 g/mol. The summed E-state index contributed by atoms with van der Waals surface area (Å²) >= 11 is 13.6. The molecule has 0 spiro atoms. The Balaban J connectivity index is 1.29. The number of benzene rings is 1. The molecule has 0 saturated heterocycles. The molecule has 1 amide bonds. The lowest BCUT2D eigenvalue weighted by atomic mass is 10.0. The van der Waals surface area contributed by atoms with E-state index in [9.17, 15) is 4.79 Å².